The lowest BCUT2D eigenvalue weighted by Crippen LogP contribution is -2.27. The lowest BCUT2D eigenvalue weighted by atomic mass is 10.1. The highest BCUT2D eigenvalue weighted by Crippen LogP contribution is 2.40. The number of ether oxygens (including phenoxy) is 2. The predicted molar refractivity (Wildman–Crippen MR) is 127 cm³/mol. The van der Waals surface area contributed by atoms with E-state index in [0.29, 0.717) is 16.2 Å². The van der Waals surface area contributed by atoms with Gasteiger partial charge < -0.3 is 14.4 Å². The van der Waals surface area contributed by atoms with Gasteiger partial charge in [-0.2, -0.15) is 0 Å². The molecule has 2 amide bonds. The average molecular weight is 503 g/mol. The first kappa shape index (κ1) is 21.8. The highest BCUT2D eigenvalue weighted by Gasteiger charge is 2.35. The molecule has 0 aliphatic carbocycles. The molecule has 6 nitrogen and oxygen atoms in total. The van der Waals surface area contributed by atoms with Gasteiger partial charge in [0.25, 0.3) is 11.1 Å². The van der Waals surface area contributed by atoms with Gasteiger partial charge >= 0.3 is 0 Å². The molecule has 0 saturated carbocycles. The zero-order valence-corrected chi connectivity index (χ0v) is 19.8. The van der Waals surface area contributed by atoms with Crippen molar-refractivity contribution in [2.75, 3.05) is 32.2 Å². The fourth-order valence-electron chi connectivity index (χ4n) is 3.77. The molecule has 0 radical (unpaired) electrons. The van der Waals surface area contributed by atoms with E-state index < -0.39 is 0 Å². The van der Waals surface area contributed by atoms with Crippen molar-refractivity contribution in [3.05, 3.63) is 56.9 Å². The molecule has 0 bridgehead atoms. The van der Waals surface area contributed by atoms with Gasteiger partial charge in [0.1, 0.15) is 11.5 Å². The fraction of sp³-hybridized carbons (Fsp3) is 0.304. The van der Waals surface area contributed by atoms with E-state index in [1.54, 1.807) is 20.3 Å². The number of hydrogen-bond acceptors (Lipinski definition) is 6. The van der Waals surface area contributed by atoms with Crippen LogP contribution >= 0.6 is 27.7 Å². The highest BCUT2D eigenvalue weighted by molar-refractivity contribution is 9.10. The minimum absolute atomic E-state index is 0.240. The number of imide groups is 1. The summed E-state index contributed by atoms with van der Waals surface area (Å²) in [5, 5.41) is -0.279. The van der Waals surface area contributed by atoms with Gasteiger partial charge in [-0.15, -0.1) is 0 Å². The first-order valence-corrected chi connectivity index (χ1v) is 11.6. The van der Waals surface area contributed by atoms with E-state index in [1.165, 1.54) is 4.90 Å². The summed E-state index contributed by atoms with van der Waals surface area (Å²) in [5.41, 5.74) is 2.58. The van der Waals surface area contributed by atoms with Gasteiger partial charge in [0, 0.05) is 29.2 Å². The molecular formula is C23H23BrN2O4S. The summed E-state index contributed by atoms with van der Waals surface area (Å²) in [6.07, 6.45) is 4.01. The van der Waals surface area contributed by atoms with E-state index in [0.717, 1.165) is 59.2 Å². The van der Waals surface area contributed by atoms with Gasteiger partial charge in [-0.1, -0.05) is 28.1 Å². The SMILES string of the molecule is COc1cc(N2CCCC2)c(OC)cc1/C=C1\SC(=O)N(Cc2ccc(Br)cc2)C1=O. The molecule has 4 rings (SSSR count). The number of carbonyl (C=O) groups excluding carboxylic acids is 2. The molecule has 2 aliphatic heterocycles. The maximum atomic E-state index is 12.9. The fourth-order valence-corrected chi connectivity index (χ4v) is 4.87. The van der Waals surface area contributed by atoms with E-state index in [-0.39, 0.29) is 17.7 Å². The van der Waals surface area contributed by atoms with Gasteiger partial charge in [-0.3, -0.25) is 14.5 Å². The quantitative estimate of drug-likeness (QED) is 0.499. The molecule has 2 saturated heterocycles. The lowest BCUT2D eigenvalue weighted by Gasteiger charge is -2.22. The molecule has 2 fully saturated rings. The van der Waals surface area contributed by atoms with Crippen LogP contribution in [-0.2, 0) is 11.3 Å². The number of thioether (sulfide) groups is 1. The van der Waals surface area contributed by atoms with Gasteiger partial charge in [-0.05, 0) is 54.4 Å². The molecule has 0 unspecified atom stereocenters. The van der Waals surface area contributed by atoms with Crippen LogP contribution < -0.4 is 14.4 Å². The number of amides is 2. The van der Waals surface area contributed by atoms with E-state index >= 15 is 0 Å². The van der Waals surface area contributed by atoms with Crippen LogP contribution in [0, 0.1) is 0 Å². The van der Waals surface area contributed by atoms with Crippen molar-refractivity contribution in [3.8, 4) is 11.5 Å². The first-order chi connectivity index (χ1) is 15.0. The van der Waals surface area contributed by atoms with Crippen molar-refractivity contribution >= 4 is 50.6 Å². The maximum Gasteiger partial charge on any atom is 0.293 e. The Morgan fingerprint density at radius 2 is 1.71 bits per heavy atom. The van der Waals surface area contributed by atoms with E-state index in [2.05, 4.69) is 20.8 Å². The third-order valence-corrected chi connectivity index (χ3v) is 6.83. The lowest BCUT2D eigenvalue weighted by molar-refractivity contribution is -0.123. The molecule has 2 heterocycles. The molecule has 8 heteroatoms. The predicted octanol–water partition coefficient (Wildman–Crippen LogP) is 5.30. The average Bonchev–Trinajstić information content (AvgIpc) is 3.39. The molecular weight excluding hydrogens is 480 g/mol. The Kier molecular flexibility index (Phi) is 6.57. The van der Waals surface area contributed by atoms with Crippen molar-refractivity contribution < 1.29 is 19.1 Å². The molecule has 0 spiro atoms. The number of benzene rings is 2. The van der Waals surface area contributed by atoms with E-state index in [9.17, 15) is 9.59 Å². The number of anilines is 1. The Bertz CT molecular complexity index is 1030. The molecule has 162 valence electrons. The third kappa shape index (κ3) is 4.60. The van der Waals surface area contributed by atoms with Gasteiger partial charge in [0.05, 0.1) is 31.4 Å². The van der Waals surface area contributed by atoms with Crippen LogP contribution in [0.2, 0.25) is 0 Å². The van der Waals surface area contributed by atoms with Crippen molar-refractivity contribution in [3.63, 3.8) is 0 Å². The van der Waals surface area contributed by atoms with Gasteiger partial charge in [0.15, 0.2) is 0 Å². The minimum atomic E-state index is -0.303. The minimum Gasteiger partial charge on any atom is -0.496 e. The zero-order valence-electron chi connectivity index (χ0n) is 17.4. The number of halogens is 1. The molecule has 2 aliphatic rings. The second kappa shape index (κ2) is 9.36. The number of hydrogen-bond donors (Lipinski definition) is 0. The first-order valence-electron chi connectivity index (χ1n) is 10.0. The van der Waals surface area contributed by atoms with Crippen LogP contribution in [-0.4, -0.2) is 43.4 Å². The van der Waals surface area contributed by atoms with Crippen LogP contribution in [0.3, 0.4) is 0 Å². The molecule has 31 heavy (non-hydrogen) atoms. The summed E-state index contributed by atoms with van der Waals surface area (Å²) in [6.45, 7) is 2.20. The standard InChI is InChI=1S/C23H23BrN2O4S/c1-29-19-13-18(25-9-3-4-10-25)20(30-2)11-16(19)12-21-22(27)26(23(28)31-21)14-15-5-7-17(24)8-6-15/h5-8,11-13H,3-4,9-10,14H2,1-2H3/b21-12-. The Hall–Kier alpha value is -2.45. The normalized spacial score (nSPS) is 17.7. The summed E-state index contributed by atoms with van der Waals surface area (Å²) in [7, 11) is 3.24. The topological polar surface area (TPSA) is 59.1 Å². The highest BCUT2D eigenvalue weighted by atomic mass is 79.9. The maximum absolute atomic E-state index is 12.9. The van der Waals surface area contributed by atoms with Crippen molar-refractivity contribution in [1.82, 2.24) is 4.90 Å². The summed E-state index contributed by atoms with van der Waals surface area (Å²) in [4.78, 5) is 29.4. The molecule has 2 aromatic carbocycles. The summed E-state index contributed by atoms with van der Waals surface area (Å²) < 4.78 is 12.2. The number of rotatable bonds is 6. The van der Waals surface area contributed by atoms with Crippen LogP contribution in [0.15, 0.2) is 45.8 Å². The molecule has 0 N–H and O–H groups in total. The van der Waals surface area contributed by atoms with Gasteiger partial charge in [-0.25, -0.2) is 0 Å². The van der Waals surface area contributed by atoms with Crippen LogP contribution in [0.4, 0.5) is 10.5 Å². The Morgan fingerprint density at radius 1 is 1.03 bits per heavy atom. The molecule has 0 atom stereocenters. The summed E-state index contributed by atoms with van der Waals surface area (Å²) >= 11 is 4.34. The Balaban J connectivity index is 1.62. The van der Waals surface area contributed by atoms with Crippen LogP contribution in [0.25, 0.3) is 6.08 Å². The van der Waals surface area contributed by atoms with E-state index in [4.69, 9.17) is 9.47 Å². The third-order valence-electron chi connectivity index (χ3n) is 5.39. The summed E-state index contributed by atoms with van der Waals surface area (Å²) in [5.74, 6) is 1.06. The van der Waals surface area contributed by atoms with E-state index in [1.807, 2.05) is 36.4 Å². The molecule has 0 aromatic heterocycles. The molecule has 2 aromatic rings. The second-order valence-corrected chi connectivity index (χ2v) is 9.26. The van der Waals surface area contributed by atoms with Crippen molar-refractivity contribution in [1.29, 1.82) is 0 Å². The zero-order chi connectivity index (χ0) is 22.0. The van der Waals surface area contributed by atoms with Crippen LogP contribution in [0.1, 0.15) is 24.0 Å². The smallest absolute Gasteiger partial charge is 0.293 e. The Morgan fingerprint density at radius 3 is 2.35 bits per heavy atom. The number of methoxy groups -OCH3 is 2. The Labute approximate surface area is 194 Å². The second-order valence-electron chi connectivity index (χ2n) is 7.35. The largest absolute Gasteiger partial charge is 0.496 e. The van der Waals surface area contributed by atoms with Crippen molar-refractivity contribution in [2.24, 2.45) is 0 Å². The van der Waals surface area contributed by atoms with Crippen molar-refractivity contribution in [2.45, 2.75) is 19.4 Å². The summed E-state index contributed by atoms with van der Waals surface area (Å²) in [6, 6.07) is 11.4. The number of carbonyl (C=O) groups is 2. The monoisotopic (exact) mass is 502 g/mol. The number of nitrogens with zero attached hydrogens (tertiary/aromatic N) is 2. The van der Waals surface area contributed by atoms with Crippen LogP contribution in [0.5, 0.6) is 11.5 Å². The van der Waals surface area contributed by atoms with Gasteiger partial charge in [0.2, 0.25) is 0 Å².